The van der Waals surface area contributed by atoms with Gasteiger partial charge in [0, 0.05) is 23.5 Å². The first kappa shape index (κ1) is 15.7. The minimum absolute atomic E-state index is 0.462. The topological polar surface area (TPSA) is 49.3 Å². The second-order valence-corrected chi connectivity index (χ2v) is 6.69. The molecule has 23 heavy (non-hydrogen) atoms. The van der Waals surface area contributed by atoms with E-state index in [4.69, 9.17) is 4.98 Å². The van der Waals surface area contributed by atoms with Crippen LogP contribution in [0, 0.1) is 6.92 Å². The Morgan fingerprint density at radius 3 is 2.70 bits per heavy atom. The molecule has 0 atom stereocenters. The third kappa shape index (κ3) is 3.99. The van der Waals surface area contributed by atoms with Crippen LogP contribution in [0.25, 0.3) is 10.6 Å². The molecule has 1 aliphatic rings. The van der Waals surface area contributed by atoms with Gasteiger partial charge in [-0.25, -0.2) is 4.98 Å². The van der Waals surface area contributed by atoms with Gasteiger partial charge in [0.1, 0.15) is 5.01 Å². The number of hydrogen-bond acceptors (Lipinski definition) is 3. The van der Waals surface area contributed by atoms with Gasteiger partial charge in [0.2, 0.25) is 0 Å². The Kier molecular flexibility index (Phi) is 5.08. The van der Waals surface area contributed by atoms with Gasteiger partial charge in [0.05, 0.1) is 12.2 Å². The zero-order valence-electron chi connectivity index (χ0n) is 13.5. The molecule has 1 aromatic carbocycles. The molecule has 0 amide bonds. The standard InChI is InChI=1S/C18H22N4S/c1-13-16(23-17(21-13)14-8-4-3-5-9-14)12-20-18(19-2)22-15-10-6-7-11-15/h3-9,15H,10-12H2,1-2H3,(H2,19,20,22). The maximum atomic E-state index is 4.70. The first-order chi connectivity index (χ1) is 11.3. The summed E-state index contributed by atoms with van der Waals surface area (Å²) >= 11 is 1.74. The lowest BCUT2D eigenvalue weighted by Crippen LogP contribution is -2.42. The lowest BCUT2D eigenvalue weighted by Gasteiger charge is -2.16. The first-order valence-electron chi connectivity index (χ1n) is 7.90. The van der Waals surface area contributed by atoms with Gasteiger partial charge in [-0.2, -0.15) is 0 Å². The molecule has 2 N–H and O–H groups in total. The highest BCUT2D eigenvalue weighted by atomic mass is 32.1. The molecule has 1 aliphatic carbocycles. The number of aliphatic imine (C=N–C) groups is 1. The molecule has 0 fully saturated rings. The second-order valence-electron chi connectivity index (χ2n) is 5.60. The predicted octanol–water partition coefficient (Wildman–Crippen LogP) is 3.50. The highest BCUT2D eigenvalue weighted by Gasteiger charge is 2.13. The van der Waals surface area contributed by atoms with Crippen LogP contribution in [-0.2, 0) is 6.54 Å². The molecule has 0 bridgehead atoms. The van der Waals surface area contributed by atoms with Crippen LogP contribution in [0.2, 0.25) is 0 Å². The summed E-state index contributed by atoms with van der Waals surface area (Å²) in [6.45, 7) is 2.81. The Hall–Kier alpha value is -2.14. The van der Waals surface area contributed by atoms with E-state index in [1.165, 1.54) is 10.4 Å². The van der Waals surface area contributed by atoms with Crippen LogP contribution in [0.5, 0.6) is 0 Å². The van der Waals surface area contributed by atoms with E-state index < -0.39 is 0 Å². The first-order valence-corrected chi connectivity index (χ1v) is 8.72. The summed E-state index contributed by atoms with van der Waals surface area (Å²) in [6.07, 6.45) is 6.56. The van der Waals surface area contributed by atoms with Crippen LogP contribution in [0.4, 0.5) is 0 Å². The summed E-state index contributed by atoms with van der Waals surface area (Å²) in [5.74, 6) is 0.854. The van der Waals surface area contributed by atoms with Gasteiger partial charge < -0.3 is 10.6 Å². The number of nitrogens with zero attached hydrogens (tertiary/aromatic N) is 2. The van der Waals surface area contributed by atoms with Crippen LogP contribution < -0.4 is 10.6 Å². The molecule has 0 aliphatic heterocycles. The van der Waals surface area contributed by atoms with Crippen LogP contribution in [0.3, 0.4) is 0 Å². The maximum Gasteiger partial charge on any atom is 0.191 e. The van der Waals surface area contributed by atoms with Crippen LogP contribution in [-0.4, -0.2) is 24.0 Å². The molecule has 1 aromatic heterocycles. The number of benzene rings is 1. The van der Waals surface area contributed by atoms with Gasteiger partial charge >= 0.3 is 0 Å². The molecule has 4 nitrogen and oxygen atoms in total. The van der Waals surface area contributed by atoms with Gasteiger partial charge in [-0.15, -0.1) is 11.3 Å². The summed E-state index contributed by atoms with van der Waals surface area (Å²) in [6, 6.07) is 10.8. The maximum absolute atomic E-state index is 4.70. The van der Waals surface area contributed by atoms with Gasteiger partial charge in [-0.05, 0) is 19.8 Å². The summed E-state index contributed by atoms with van der Waals surface area (Å²) in [5.41, 5.74) is 2.26. The average molecular weight is 326 g/mol. The van der Waals surface area contributed by atoms with Crippen molar-refractivity contribution in [1.29, 1.82) is 0 Å². The van der Waals surface area contributed by atoms with E-state index in [1.54, 1.807) is 11.3 Å². The van der Waals surface area contributed by atoms with E-state index in [0.717, 1.165) is 36.0 Å². The normalized spacial score (nSPS) is 15.1. The highest BCUT2D eigenvalue weighted by Crippen LogP contribution is 2.27. The van der Waals surface area contributed by atoms with Gasteiger partial charge in [-0.3, -0.25) is 4.99 Å². The molecule has 2 aromatic rings. The minimum atomic E-state index is 0.462. The van der Waals surface area contributed by atoms with E-state index >= 15 is 0 Å². The van der Waals surface area contributed by atoms with Crippen LogP contribution >= 0.6 is 11.3 Å². The van der Waals surface area contributed by atoms with Crippen molar-refractivity contribution in [3.05, 3.63) is 53.1 Å². The van der Waals surface area contributed by atoms with Crippen molar-refractivity contribution in [3.8, 4) is 10.6 Å². The Morgan fingerprint density at radius 2 is 2.00 bits per heavy atom. The third-order valence-electron chi connectivity index (χ3n) is 3.90. The number of aryl methyl sites for hydroxylation is 1. The fraction of sp³-hybridized carbons (Fsp3) is 0.333. The zero-order valence-corrected chi connectivity index (χ0v) is 14.4. The lowest BCUT2D eigenvalue weighted by atomic mass is 10.2. The van der Waals surface area contributed by atoms with E-state index in [-0.39, 0.29) is 0 Å². The quantitative estimate of drug-likeness (QED) is 0.513. The molecule has 0 saturated carbocycles. The molecule has 5 heteroatoms. The smallest absolute Gasteiger partial charge is 0.191 e. The second kappa shape index (κ2) is 7.42. The van der Waals surface area contributed by atoms with Crippen molar-refractivity contribution in [3.63, 3.8) is 0 Å². The summed E-state index contributed by atoms with van der Waals surface area (Å²) in [7, 11) is 1.81. The Labute approximate surface area is 141 Å². The number of guanidine groups is 1. The summed E-state index contributed by atoms with van der Waals surface area (Å²) in [4.78, 5) is 10.3. The number of nitrogens with one attached hydrogen (secondary N) is 2. The van der Waals surface area contributed by atoms with Crippen LogP contribution in [0.1, 0.15) is 23.4 Å². The number of rotatable bonds is 4. The Balaban J connectivity index is 1.62. The predicted molar refractivity (Wildman–Crippen MR) is 97.8 cm³/mol. The summed E-state index contributed by atoms with van der Waals surface area (Å²) < 4.78 is 0. The minimum Gasteiger partial charge on any atom is -0.353 e. The lowest BCUT2D eigenvalue weighted by molar-refractivity contribution is 0.633. The average Bonchev–Trinajstić information content (AvgIpc) is 3.22. The highest BCUT2D eigenvalue weighted by molar-refractivity contribution is 7.15. The van der Waals surface area contributed by atoms with Crippen molar-refractivity contribution in [2.45, 2.75) is 32.4 Å². The van der Waals surface area contributed by atoms with Crippen molar-refractivity contribution < 1.29 is 0 Å². The number of aromatic nitrogens is 1. The molecule has 0 saturated heterocycles. The Bertz CT molecular complexity index is 695. The largest absolute Gasteiger partial charge is 0.353 e. The summed E-state index contributed by atoms with van der Waals surface area (Å²) in [5, 5.41) is 7.93. The van der Waals surface area contributed by atoms with Gasteiger partial charge in [0.15, 0.2) is 5.96 Å². The van der Waals surface area contributed by atoms with Crippen molar-refractivity contribution in [2.75, 3.05) is 7.05 Å². The fourth-order valence-electron chi connectivity index (χ4n) is 2.58. The molecule has 0 radical (unpaired) electrons. The zero-order chi connectivity index (χ0) is 16.1. The number of hydrogen-bond donors (Lipinski definition) is 2. The molecular formula is C18H22N4S. The van der Waals surface area contributed by atoms with E-state index in [0.29, 0.717) is 6.04 Å². The molecule has 1 heterocycles. The third-order valence-corrected chi connectivity index (χ3v) is 5.11. The Morgan fingerprint density at radius 1 is 1.26 bits per heavy atom. The molecule has 120 valence electrons. The van der Waals surface area contributed by atoms with Gasteiger partial charge in [-0.1, -0.05) is 42.5 Å². The SMILES string of the molecule is CN=C(NCc1sc(-c2ccccc2)nc1C)NC1CC=CC1. The molecular weight excluding hydrogens is 304 g/mol. The van der Waals surface area contributed by atoms with Crippen molar-refractivity contribution in [1.82, 2.24) is 15.6 Å². The van der Waals surface area contributed by atoms with Gasteiger partial charge in [0.25, 0.3) is 0 Å². The fourth-order valence-corrected chi connectivity index (χ4v) is 3.59. The van der Waals surface area contributed by atoms with Crippen LogP contribution in [0.15, 0.2) is 47.5 Å². The van der Waals surface area contributed by atoms with E-state index in [1.807, 2.05) is 25.2 Å². The monoisotopic (exact) mass is 326 g/mol. The van der Waals surface area contributed by atoms with Crippen molar-refractivity contribution in [2.24, 2.45) is 4.99 Å². The molecule has 3 rings (SSSR count). The molecule has 0 spiro atoms. The van der Waals surface area contributed by atoms with E-state index in [9.17, 15) is 0 Å². The van der Waals surface area contributed by atoms with E-state index in [2.05, 4.69) is 46.8 Å². The van der Waals surface area contributed by atoms with Crippen molar-refractivity contribution >= 4 is 17.3 Å². The molecule has 0 unspecified atom stereocenters. The number of thiazole rings is 1.